The van der Waals surface area contributed by atoms with E-state index in [1.54, 1.807) is 58.9 Å². The maximum atomic E-state index is 13.7. The van der Waals surface area contributed by atoms with Crippen LogP contribution in [0.3, 0.4) is 0 Å². The summed E-state index contributed by atoms with van der Waals surface area (Å²) in [5.41, 5.74) is -0.170. The maximum Gasteiger partial charge on any atom is 0.527 e. The Morgan fingerprint density at radius 2 is 1.59 bits per heavy atom. The molecule has 15 heteroatoms. The highest BCUT2D eigenvalue weighted by molar-refractivity contribution is 5.97. The Morgan fingerprint density at radius 1 is 0.913 bits per heavy atom. The fraction of sp³-hybridized carbons (Fsp3) is 0.516. The van der Waals surface area contributed by atoms with Crippen molar-refractivity contribution in [3.63, 3.8) is 0 Å². The normalized spacial score (nSPS) is 14.1. The molecule has 1 aromatic heterocycles. The van der Waals surface area contributed by atoms with Gasteiger partial charge in [0.1, 0.15) is 29.7 Å². The Balaban J connectivity index is 1.82. The van der Waals surface area contributed by atoms with Gasteiger partial charge in [0.25, 0.3) is 5.91 Å². The third kappa shape index (κ3) is 11.6. The average Bonchev–Trinajstić information content (AvgIpc) is 3.01. The second-order valence-electron chi connectivity index (χ2n) is 11.2. The van der Waals surface area contributed by atoms with Gasteiger partial charge < -0.3 is 34.6 Å². The molecule has 250 valence electrons. The number of carbonyl (C=O) groups excluding carboxylic acids is 5. The first kappa shape index (κ1) is 35.7. The fourth-order valence-corrected chi connectivity index (χ4v) is 4.36. The topological polar surface area (TPSA) is 179 Å². The van der Waals surface area contributed by atoms with E-state index in [0.717, 1.165) is 0 Å². The lowest BCUT2D eigenvalue weighted by Crippen LogP contribution is -2.55. The van der Waals surface area contributed by atoms with Crippen LogP contribution >= 0.6 is 0 Å². The number of hydroxylamine groups is 2. The van der Waals surface area contributed by atoms with Crippen molar-refractivity contribution < 1.29 is 43.0 Å². The van der Waals surface area contributed by atoms with Crippen LogP contribution in [0, 0.1) is 0 Å². The zero-order chi connectivity index (χ0) is 33.7. The first-order valence-corrected chi connectivity index (χ1v) is 15.1. The summed E-state index contributed by atoms with van der Waals surface area (Å²) in [5, 5.41) is 6.99. The van der Waals surface area contributed by atoms with Crippen LogP contribution in [0.2, 0.25) is 0 Å². The van der Waals surface area contributed by atoms with Gasteiger partial charge in [-0.05, 0) is 41.0 Å². The second kappa shape index (κ2) is 17.1. The van der Waals surface area contributed by atoms with Crippen molar-refractivity contribution >= 4 is 35.7 Å². The number of esters is 2. The number of piperazine rings is 1. The highest BCUT2D eigenvalue weighted by Crippen LogP contribution is 2.19. The molecule has 0 saturated carbocycles. The third-order valence-electron chi connectivity index (χ3n) is 6.39. The van der Waals surface area contributed by atoms with Gasteiger partial charge in [-0.1, -0.05) is 30.3 Å². The Hall–Kier alpha value is -4.79. The molecule has 3 rings (SSSR count). The summed E-state index contributed by atoms with van der Waals surface area (Å²) in [4.78, 5) is 79.0. The number of amides is 2. The van der Waals surface area contributed by atoms with Crippen LogP contribution in [0.25, 0.3) is 11.4 Å². The van der Waals surface area contributed by atoms with E-state index in [-0.39, 0.29) is 76.1 Å². The number of nitrogens with zero attached hydrogens (tertiary/aromatic N) is 4. The van der Waals surface area contributed by atoms with Crippen LogP contribution in [-0.4, -0.2) is 107 Å². The summed E-state index contributed by atoms with van der Waals surface area (Å²) in [7, 11) is 0. The Kier molecular flexibility index (Phi) is 13.2. The van der Waals surface area contributed by atoms with Crippen molar-refractivity contribution in [2.45, 2.75) is 59.1 Å². The Morgan fingerprint density at radius 3 is 2.22 bits per heavy atom. The zero-order valence-corrected chi connectivity index (χ0v) is 26.9. The minimum Gasteiger partial charge on any atom is -0.465 e. The first-order valence-electron chi connectivity index (χ1n) is 15.1. The van der Waals surface area contributed by atoms with Crippen molar-refractivity contribution in [2.24, 2.45) is 0 Å². The average molecular weight is 643 g/mol. The number of hydrogen-bond donors (Lipinski definition) is 2. The lowest BCUT2D eigenvalue weighted by atomic mass is 10.1. The molecular weight excluding hydrogens is 600 g/mol. The number of carbonyl (C=O) groups is 5. The molecule has 0 bridgehead atoms. The molecule has 1 aliphatic heterocycles. The lowest BCUT2D eigenvalue weighted by Gasteiger charge is -2.35. The molecule has 2 amide bonds. The van der Waals surface area contributed by atoms with E-state index >= 15 is 0 Å². The predicted octanol–water partition coefficient (Wildman–Crippen LogP) is 2.57. The van der Waals surface area contributed by atoms with Gasteiger partial charge in [-0.3, -0.25) is 19.2 Å². The Labute approximate surface area is 267 Å². The van der Waals surface area contributed by atoms with E-state index in [0.29, 0.717) is 5.56 Å². The molecule has 0 unspecified atom stereocenters. The molecule has 2 aromatic rings. The van der Waals surface area contributed by atoms with Gasteiger partial charge in [-0.25, -0.2) is 14.8 Å². The molecular formula is C31H42N6O9. The van der Waals surface area contributed by atoms with Crippen LogP contribution in [-0.2, 0) is 33.4 Å². The van der Waals surface area contributed by atoms with E-state index in [1.807, 2.05) is 6.07 Å². The van der Waals surface area contributed by atoms with Crippen LogP contribution in [0.4, 0.5) is 10.6 Å². The molecule has 0 radical (unpaired) electrons. The van der Waals surface area contributed by atoms with Crippen molar-refractivity contribution in [3.8, 4) is 11.4 Å². The standard InChI is InChI=1S/C31H42N6O9/c1-6-43-26(39)20-32-24-19-23(33-27(35-24)21-11-9-8-10-12-21)28(40)34-22(13-14-25(38)45-31(3,4)5)29(41)36-15-17-37(18-16-36)46-30(42)44-7-2/h8-12,19,22H,6-7,13-18,20H2,1-5H3,(H,34,40)(H,32,33,35)/t22-/m0/s1. The van der Waals surface area contributed by atoms with Crippen molar-refractivity contribution in [1.29, 1.82) is 0 Å². The molecule has 46 heavy (non-hydrogen) atoms. The molecule has 15 nitrogen and oxygen atoms in total. The largest absolute Gasteiger partial charge is 0.527 e. The number of aromatic nitrogens is 2. The molecule has 2 heterocycles. The fourth-order valence-electron chi connectivity index (χ4n) is 4.36. The quantitative estimate of drug-likeness (QED) is 0.241. The van der Waals surface area contributed by atoms with Crippen LogP contribution < -0.4 is 10.6 Å². The van der Waals surface area contributed by atoms with Crippen LogP contribution in [0.5, 0.6) is 0 Å². The van der Waals surface area contributed by atoms with Gasteiger partial charge in [0.15, 0.2) is 5.82 Å². The number of benzene rings is 1. The van der Waals surface area contributed by atoms with E-state index in [1.165, 1.54) is 16.0 Å². The minimum atomic E-state index is -1.11. The van der Waals surface area contributed by atoms with Crippen molar-refractivity contribution in [3.05, 3.63) is 42.1 Å². The SMILES string of the molecule is CCOC(=O)CNc1cc(C(=O)N[C@@H](CCC(=O)OC(C)(C)C)C(=O)N2CCN(OC(=O)OCC)CC2)nc(-c2ccccc2)n1. The summed E-state index contributed by atoms with van der Waals surface area (Å²) in [6, 6.07) is 9.20. The minimum absolute atomic E-state index is 0.0381. The summed E-state index contributed by atoms with van der Waals surface area (Å²) in [6.45, 7) is 9.58. The molecule has 1 saturated heterocycles. The maximum absolute atomic E-state index is 13.7. The second-order valence-corrected chi connectivity index (χ2v) is 11.2. The lowest BCUT2D eigenvalue weighted by molar-refractivity contribution is -0.158. The monoisotopic (exact) mass is 642 g/mol. The van der Waals surface area contributed by atoms with Gasteiger partial charge in [-0.2, -0.15) is 0 Å². The Bertz CT molecular complexity index is 1360. The van der Waals surface area contributed by atoms with Gasteiger partial charge in [0.05, 0.1) is 26.3 Å². The highest BCUT2D eigenvalue weighted by atomic mass is 16.8. The summed E-state index contributed by atoms with van der Waals surface area (Å²) in [6.07, 6.45) is -1.00. The number of ether oxygens (including phenoxy) is 3. The predicted molar refractivity (Wildman–Crippen MR) is 165 cm³/mol. The highest BCUT2D eigenvalue weighted by Gasteiger charge is 2.31. The van der Waals surface area contributed by atoms with E-state index in [4.69, 9.17) is 19.0 Å². The molecule has 0 spiro atoms. The van der Waals surface area contributed by atoms with E-state index in [9.17, 15) is 24.0 Å². The van der Waals surface area contributed by atoms with Crippen LogP contribution in [0.1, 0.15) is 57.9 Å². The number of nitrogens with one attached hydrogen (secondary N) is 2. The van der Waals surface area contributed by atoms with E-state index < -0.39 is 41.6 Å². The first-order chi connectivity index (χ1) is 21.9. The summed E-state index contributed by atoms with van der Waals surface area (Å²) < 4.78 is 15.2. The van der Waals surface area contributed by atoms with Crippen molar-refractivity contribution in [1.82, 2.24) is 25.2 Å². The van der Waals surface area contributed by atoms with Crippen molar-refractivity contribution in [2.75, 3.05) is 51.3 Å². The molecule has 1 aliphatic rings. The number of hydrogen-bond acceptors (Lipinski definition) is 13. The molecule has 1 aromatic carbocycles. The van der Waals surface area contributed by atoms with Crippen LogP contribution in [0.15, 0.2) is 36.4 Å². The summed E-state index contributed by atoms with van der Waals surface area (Å²) >= 11 is 0. The molecule has 2 N–H and O–H groups in total. The zero-order valence-electron chi connectivity index (χ0n) is 26.9. The van der Waals surface area contributed by atoms with E-state index in [2.05, 4.69) is 20.6 Å². The van der Waals surface area contributed by atoms with Gasteiger partial charge in [0, 0.05) is 31.1 Å². The smallest absolute Gasteiger partial charge is 0.465 e. The van der Waals surface area contributed by atoms with Gasteiger partial charge in [-0.15, -0.1) is 5.06 Å². The molecule has 0 aliphatic carbocycles. The third-order valence-corrected chi connectivity index (χ3v) is 6.39. The molecule has 1 fully saturated rings. The van der Waals surface area contributed by atoms with Gasteiger partial charge in [0.2, 0.25) is 5.91 Å². The number of anilines is 1. The number of rotatable bonds is 13. The van der Waals surface area contributed by atoms with Gasteiger partial charge >= 0.3 is 18.1 Å². The molecule has 1 atom stereocenters. The summed E-state index contributed by atoms with van der Waals surface area (Å²) in [5.74, 6) is -1.73.